The molecule has 3 nitrogen and oxygen atoms in total. The molecule has 0 saturated heterocycles. The monoisotopic (exact) mass is 203 g/mol. The van der Waals surface area contributed by atoms with Crippen LogP contribution in [0.5, 0.6) is 0 Å². The Kier molecular flexibility index (Phi) is 2.78. The Bertz CT molecular complexity index is 338. The van der Waals surface area contributed by atoms with Gasteiger partial charge >= 0.3 is 0 Å². The lowest BCUT2D eigenvalue weighted by Gasteiger charge is -1.96. The summed E-state index contributed by atoms with van der Waals surface area (Å²) in [6.45, 7) is 0. The summed E-state index contributed by atoms with van der Waals surface area (Å²) in [5.74, 6) is 0. The van der Waals surface area contributed by atoms with Crippen LogP contribution < -0.4 is 0 Å². The number of aromatic nitrogens is 1. The van der Waals surface area contributed by atoms with Gasteiger partial charge in [0.05, 0.1) is 11.1 Å². The molecule has 0 aliphatic heterocycles. The molecule has 5 heteroatoms. The predicted molar refractivity (Wildman–Crippen MR) is 44.8 cm³/mol. The second kappa shape index (κ2) is 3.65. The van der Waals surface area contributed by atoms with E-state index in [1.165, 1.54) is 12.3 Å². The summed E-state index contributed by atoms with van der Waals surface area (Å²) >= 11 is 10.7. The highest BCUT2D eigenvalue weighted by atomic mass is 35.5. The summed E-state index contributed by atoms with van der Waals surface area (Å²) in [5, 5.41) is -0.603. The van der Waals surface area contributed by atoms with Crippen LogP contribution in [0.2, 0.25) is 5.15 Å². The van der Waals surface area contributed by atoms with E-state index in [1.807, 2.05) is 0 Å². The van der Waals surface area contributed by atoms with Crippen molar-refractivity contribution in [3.63, 3.8) is 0 Å². The minimum Gasteiger partial charge on any atom is -0.298 e. The Morgan fingerprint density at radius 2 is 2.25 bits per heavy atom. The zero-order valence-electron chi connectivity index (χ0n) is 5.75. The molecule has 1 rings (SSSR count). The maximum atomic E-state index is 10.6. The topological polar surface area (TPSA) is 47.0 Å². The summed E-state index contributed by atoms with van der Waals surface area (Å²) < 4.78 is 0. The molecular weight excluding hydrogens is 201 g/mol. The summed E-state index contributed by atoms with van der Waals surface area (Å²) in [6.07, 6.45) is 1.73. The first-order valence-electron chi connectivity index (χ1n) is 2.95. The molecule has 0 aromatic carbocycles. The Morgan fingerprint density at radius 3 is 2.75 bits per heavy atom. The number of nitrogens with zero attached hydrogens (tertiary/aromatic N) is 1. The average molecular weight is 204 g/mol. The second-order valence-corrected chi connectivity index (χ2v) is 2.70. The molecule has 0 N–H and O–H groups in total. The maximum Gasteiger partial charge on any atom is 0.253 e. The van der Waals surface area contributed by atoms with E-state index in [0.29, 0.717) is 6.29 Å². The van der Waals surface area contributed by atoms with Gasteiger partial charge in [0.25, 0.3) is 5.24 Å². The van der Waals surface area contributed by atoms with E-state index < -0.39 is 5.24 Å². The van der Waals surface area contributed by atoms with Crippen molar-refractivity contribution in [2.75, 3.05) is 0 Å². The molecule has 0 atom stereocenters. The third kappa shape index (κ3) is 1.81. The molecule has 1 aromatic heterocycles. The van der Waals surface area contributed by atoms with Crippen LogP contribution >= 0.6 is 23.2 Å². The van der Waals surface area contributed by atoms with Crippen molar-refractivity contribution in [3.8, 4) is 0 Å². The summed E-state index contributed by atoms with van der Waals surface area (Å²) in [6, 6.07) is 1.29. The Balaban J connectivity index is 3.22. The fourth-order valence-corrected chi connectivity index (χ4v) is 0.906. The number of hydrogen-bond acceptors (Lipinski definition) is 3. The minimum absolute atomic E-state index is 0.0617. The highest BCUT2D eigenvalue weighted by Crippen LogP contribution is 2.13. The fraction of sp³-hybridized carbons (Fsp3) is 0. The first-order valence-corrected chi connectivity index (χ1v) is 3.71. The molecule has 0 bridgehead atoms. The maximum absolute atomic E-state index is 10.6. The van der Waals surface area contributed by atoms with Gasteiger partial charge in [-0.1, -0.05) is 11.6 Å². The van der Waals surface area contributed by atoms with Crippen molar-refractivity contribution in [3.05, 3.63) is 28.5 Å². The summed E-state index contributed by atoms with van der Waals surface area (Å²) in [4.78, 5) is 24.5. The van der Waals surface area contributed by atoms with E-state index >= 15 is 0 Å². The molecule has 62 valence electrons. The molecule has 0 saturated carbocycles. The first-order chi connectivity index (χ1) is 5.65. The van der Waals surface area contributed by atoms with Gasteiger partial charge in [0.1, 0.15) is 5.15 Å². The van der Waals surface area contributed by atoms with Crippen molar-refractivity contribution in [1.82, 2.24) is 4.98 Å². The molecule has 0 aliphatic rings. The lowest BCUT2D eigenvalue weighted by atomic mass is 10.2. The largest absolute Gasteiger partial charge is 0.298 e. The van der Waals surface area contributed by atoms with Crippen molar-refractivity contribution >= 4 is 34.7 Å². The molecule has 0 radical (unpaired) electrons. The van der Waals surface area contributed by atoms with Gasteiger partial charge in [0.15, 0.2) is 6.29 Å². The van der Waals surface area contributed by atoms with Gasteiger partial charge in [-0.3, -0.25) is 9.59 Å². The molecule has 0 aliphatic carbocycles. The summed E-state index contributed by atoms with van der Waals surface area (Å²) in [5.41, 5.74) is 0.311. The number of hydrogen-bond donors (Lipinski definition) is 0. The van der Waals surface area contributed by atoms with Crippen LogP contribution in [-0.2, 0) is 0 Å². The van der Waals surface area contributed by atoms with Crippen molar-refractivity contribution < 1.29 is 9.59 Å². The van der Waals surface area contributed by atoms with E-state index in [2.05, 4.69) is 4.98 Å². The van der Waals surface area contributed by atoms with Gasteiger partial charge in [-0.15, -0.1) is 0 Å². The number of rotatable bonds is 2. The zero-order chi connectivity index (χ0) is 9.14. The van der Waals surface area contributed by atoms with Gasteiger partial charge in [-0.05, 0) is 17.7 Å². The van der Waals surface area contributed by atoms with Gasteiger partial charge in [0, 0.05) is 6.20 Å². The number of carbonyl (C=O) groups excluding carboxylic acids is 2. The molecular formula is C7H3Cl2NO2. The number of pyridine rings is 1. The molecule has 12 heavy (non-hydrogen) atoms. The minimum atomic E-state index is -0.665. The molecule has 0 fully saturated rings. The van der Waals surface area contributed by atoms with E-state index in [4.69, 9.17) is 23.2 Å². The zero-order valence-corrected chi connectivity index (χ0v) is 7.26. The fourth-order valence-electron chi connectivity index (χ4n) is 0.655. The Hall–Kier alpha value is -0.930. The SMILES string of the molecule is O=Cc1cc(C(=O)Cl)cnc1Cl. The number of carbonyl (C=O) groups is 2. The molecule has 0 spiro atoms. The standard InChI is InChI=1S/C7H3Cl2NO2/c8-6-5(3-11)1-4(2-10-6)7(9)12/h1-3H. The van der Waals surface area contributed by atoms with Gasteiger partial charge < -0.3 is 0 Å². The normalized spacial score (nSPS) is 9.50. The molecule has 0 amide bonds. The van der Waals surface area contributed by atoms with Crippen LogP contribution in [0.4, 0.5) is 0 Å². The molecule has 0 unspecified atom stereocenters. The average Bonchev–Trinajstić information content (AvgIpc) is 2.05. The van der Waals surface area contributed by atoms with Crippen molar-refractivity contribution in [1.29, 1.82) is 0 Å². The van der Waals surface area contributed by atoms with Crippen molar-refractivity contribution in [2.24, 2.45) is 0 Å². The summed E-state index contributed by atoms with van der Waals surface area (Å²) in [7, 11) is 0. The first kappa shape index (κ1) is 9.16. The molecule has 1 aromatic rings. The lowest BCUT2D eigenvalue weighted by molar-refractivity contribution is 0.108. The molecule has 1 heterocycles. The second-order valence-electron chi connectivity index (χ2n) is 2.00. The van der Waals surface area contributed by atoms with Crippen molar-refractivity contribution in [2.45, 2.75) is 0 Å². The van der Waals surface area contributed by atoms with E-state index in [1.54, 1.807) is 0 Å². The number of halogens is 2. The predicted octanol–water partition coefficient (Wildman–Crippen LogP) is 1.93. The van der Waals surface area contributed by atoms with E-state index in [0.717, 1.165) is 0 Å². The van der Waals surface area contributed by atoms with Crippen LogP contribution in [0.1, 0.15) is 20.7 Å². The van der Waals surface area contributed by atoms with Gasteiger partial charge in [-0.25, -0.2) is 4.98 Å². The third-order valence-electron chi connectivity index (χ3n) is 1.22. The van der Waals surface area contributed by atoms with Crippen LogP contribution in [0.3, 0.4) is 0 Å². The quantitative estimate of drug-likeness (QED) is 0.420. The van der Waals surface area contributed by atoms with Gasteiger partial charge in [-0.2, -0.15) is 0 Å². The number of aldehydes is 1. The van der Waals surface area contributed by atoms with E-state index in [-0.39, 0.29) is 16.3 Å². The smallest absolute Gasteiger partial charge is 0.253 e. The van der Waals surface area contributed by atoms with Crippen LogP contribution in [0.15, 0.2) is 12.3 Å². The Labute approximate surface area is 78.3 Å². The van der Waals surface area contributed by atoms with Crippen LogP contribution in [0.25, 0.3) is 0 Å². The highest BCUT2D eigenvalue weighted by molar-refractivity contribution is 6.67. The van der Waals surface area contributed by atoms with Gasteiger partial charge in [0.2, 0.25) is 0 Å². The van der Waals surface area contributed by atoms with Crippen LogP contribution in [0, 0.1) is 0 Å². The lowest BCUT2D eigenvalue weighted by Crippen LogP contribution is -1.94. The van der Waals surface area contributed by atoms with Crippen LogP contribution in [-0.4, -0.2) is 16.5 Å². The Morgan fingerprint density at radius 1 is 1.58 bits per heavy atom. The van der Waals surface area contributed by atoms with E-state index in [9.17, 15) is 9.59 Å². The third-order valence-corrected chi connectivity index (χ3v) is 1.75. The highest BCUT2D eigenvalue weighted by Gasteiger charge is 2.06.